The molecule has 1 amide bonds. The summed E-state index contributed by atoms with van der Waals surface area (Å²) in [6, 6.07) is 14.0. The van der Waals surface area contributed by atoms with E-state index in [0.29, 0.717) is 5.56 Å². The molecule has 3 rings (SSSR count). The Hall–Kier alpha value is -2.92. The molecule has 2 unspecified atom stereocenters. The van der Waals surface area contributed by atoms with Gasteiger partial charge in [-0.05, 0) is 31.4 Å². The van der Waals surface area contributed by atoms with Crippen molar-refractivity contribution >= 4 is 17.4 Å². The number of β-amino-alcohol motifs (C(OH)–C–C–N with tert-alkyl or cyclic N) is 1. The van der Waals surface area contributed by atoms with Crippen LogP contribution in [0, 0.1) is 6.92 Å². The fraction of sp³-hybridized carbons (Fsp3) is 0.304. The molecule has 1 aliphatic rings. The highest BCUT2D eigenvalue weighted by molar-refractivity contribution is 6.46. The predicted octanol–water partition coefficient (Wildman–Crippen LogP) is 3.36. The summed E-state index contributed by atoms with van der Waals surface area (Å²) in [7, 11) is 0. The lowest BCUT2D eigenvalue weighted by atomic mass is 9.94. The second-order valence-electron chi connectivity index (χ2n) is 7.26. The first-order chi connectivity index (χ1) is 13.3. The molecule has 0 spiro atoms. The summed E-state index contributed by atoms with van der Waals surface area (Å²) in [6.07, 6.45) is 0.0763. The zero-order chi connectivity index (χ0) is 20.4. The van der Waals surface area contributed by atoms with Crippen LogP contribution in [0.4, 0.5) is 0 Å². The molecule has 0 saturated carbocycles. The zero-order valence-corrected chi connectivity index (χ0v) is 16.3. The van der Waals surface area contributed by atoms with Gasteiger partial charge in [0.1, 0.15) is 5.76 Å². The normalized spacial score (nSPS) is 19.9. The van der Waals surface area contributed by atoms with Gasteiger partial charge in [-0.2, -0.15) is 0 Å². The highest BCUT2D eigenvalue weighted by Gasteiger charge is 2.46. The minimum absolute atomic E-state index is 0.00937. The zero-order valence-electron chi connectivity index (χ0n) is 16.3. The first kappa shape index (κ1) is 19.8. The first-order valence-electron chi connectivity index (χ1n) is 9.45. The molecule has 2 aromatic rings. The van der Waals surface area contributed by atoms with Crippen LogP contribution in [0.2, 0.25) is 0 Å². The molecule has 2 aromatic carbocycles. The second-order valence-corrected chi connectivity index (χ2v) is 7.26. The van der Waals surface area contributed by atoms with Crippen molar-refractivity contribution in [3.8, 4) is 0 Å². The third-order valence-corrected chi connectivity index (χ3v) is 5.03. The smallest absolute Gasteiger partial charge is 0.295 e. The fourth-order valence-corrected chi connectivity index (χ4v) is 3.50. The third kappa shape index (κ3) is 3.71. The van der Waals surface area contributed by atoms with E-state index in [4.69, 9.17) is 0 Å². The van der Waals surface area contributed by atoms with Crippen molar-refractivity contribution in [2.45, 2.75) is 39.3 Å². The van der Waals surface area contributed by atoms with Gasteiger partial charge in [-0.15, -0.1) is 0 Å². The molecule has 2 atom stereocenters. The molecule has 1 fully saturated rings. The molecule has 1 saturated heterocycles. The molecule has 28 heavy (non-hydrogen) atoms. The van der Waals surface area contributed by atoms with E-state index in [2.05, 4.69) is 0 Å². The fourth-order valence-electron chi connectivity index (χ4n) is 3.50. The van der Waals surface area contributed by atoms with E-state index in [1.807, 2.05) is 50.2 Å². The summed E-state index contributed by atoms with van der Waals surface area (Å²) < 4.78 is 0. The summed E-state index contributed by atoms with van der Waals surface area (Å²) >= 11 is 0. The maximum Gasteiger partial charge on any atom is 0.295 e. The summed E-state index contributed by atoms with van der Waals surface area (Å²) in [5, 5.41) is 20.8. The van der Waals surface area contributed by atoms with Gasteiger partial charge in [0.2, 0.25) is 0 Å². The van der Waals surface area contributed by atoms with Crippen LogP contribution in [0.15, 0.2) is 54.1 Å². The number of amides is 1. The number of rotatable bonds is 5. The monoisotopic (exact) mass is 379 g/mol. The van der Waals surface area contributed by atoms with E-state index in [9.17, 15) is 19.8 Å². The average Bonchev–Trinajstić information content (AvgIpc) is 2.92. The molecule has 0 aliphatic carbocycles. The van der Waals surface area contributed by atoms with Gasteiger partial charge in [0.05, 0.1) is 17.7 Å². The van der Waals surface area contributed by atoms with E-state index in [0.717, 1.165) is 23.1 Å². The number of Topliss-reactive ketones (excluding diaryl/α,β-unsaturated/α-hetero) is 1. The molecule has 5 heteroatoms. The van der Waals surface area contributed by atoms with Crippen LogP contribution in [0.3, 0.4) is 0 Å². The topological polar surface area (TPSA) is 77.8 Å². The molecule has 0 radical (unpaired) electrons. The van der Waals surface area contributed by atoms with Crippen molar-refractivity contribution in [2.75, 3.05) is 6.54 Å². The summed E-state index contributed by atoms with van der Waals surface area (Å²) in [4.78, 5) is 26.8. The molecular formula is C23H25NO4. The highest BCUT2D eigenvalue weighted by atomic mass is 16.3. The lowest BCUT2D eigenvalue weighted by Gasteiger charge is -2.26. The third-order valence-electron chi connectivity index (χ3n) is 5.03. The summed E-state index contributed by atoms with van der Waals surface area (Å²) in [5.74, 6) is -1.64. The number of ketones is 1. The number of benzene rings is 2. The lowest BCUT2D eigenvalue weighted by molar-refractivity contribution is -0.140. The van der Waals surface area contributed by atoms with Crippen LogP contribution >= 0.6 is 0 Å². The van der Waals surface area contributed by atoms with Gasteiger partial charge in [0, 0.05) is 12.1 Å². The summed E-state index contributed by atoms with van der Waals surface area (Å²) in [6.45, 7) is 5.55. The summed E-state index contributed by atoms with van der Waals surface area (Å²) in [5.41, 5.74) is 3.42. The Bertz CT molecular complexity index is 911. The molecule has 5 nitrogen and oxygen atoms in total. The second kappa shape index (κ2) is 7.98. The van der Waals surface area contributed by atoms with E-state index in [-0.39, 0.29) is 17.9 Å². The van der Waals surface area contributed by atoms with E-state index in [1.54, 1.807) is 19.1 Å². The number of aliphatic hydroxyl groups is 2. The minimum atomic E-state index is -0.796. The van der Waals surface area contributed by atoms with Crippen LogP contribution < -0.4 is 0 Å². The number of aliphatic hydroxyl groups excluding tert-OH is 2. The van der Waals surface area contributed by atoms with Gasteiger partial charge in [0.25, 0.3) is 11.7 Å². The number of hydrogen-bond donors (Lipinski definition) is 2. The van der Waals surface area contributed by atoms with Crippen molar-refractivity contribution in [1.82, 2.24) is 4.90 Å². The standard InChI is InChI=1S/C23H25NO4/c1-4-16-7-11-17(12-8-16)20-19(21(26)18-9-5-14(2)6-10-18)22(27)23(28)24(20)13-15(3)25/h5-12,15,20,25-26H,4,13H2,1-3H3. The number of hydrogen-bond acceptors (Lipinski definition) is 4. The molecule has 146 valence electrons. The van der Waals surface area contributed by atoms with Crippen LogP contribution in [0.5, 0.6) is 0 Å². The quantitative estimate of drug-likeness (QED) is 0.474. The molecule has 1 aliphatic heterocycles. The van der Waals surface area contributed by atoms with E-state index >= 15 is 0 Å². The maximum atomic E-state index is 12.8. The van der Waals surface area contributed by atoms with Crippen LogP contribution in [-0.2, 0) is 16.0 Å². The molecule has 2 N–H and O–H groups in total. The van der Waals surface area contributed by atoms with Crippen molar-refractivity contribution < 1.29 is 19.8 Å². The van der Waals surface area contributed by atoms with Crippen molar-refractivity contribution in [3.63, 3.8) is 0 Å². The number of carbonyl (C=O) groups excluding carboxylic acids is 2. The SMILES string of the molecule is CCc1ccc(C2C(=C(O)c3ccc(C)cc3)C(=O)C(=O)N2CC(C)O)cc1. The number of nitrogens with zero attached hydrogens (tertiary/aromatic N) is 1. The number of aryl methyl sites for hydroxylation is 2. The Balaban J connectivity index is 2.16. The van der Waals surface area contributed by atoms with Gasteiger partial charge in [0.15, 0.2) is 0 Å². The molecular weight excluding hydrogens is 354 g/mol. The Morgan fingerprint density at radius 1 is 1.07 bits per heavy atom. The Morgan fingerprint density at radius 3 is 2.21 bits per heavy atom. The Labute approximate surface area is 164 Å². The highest BCUT2D eigenvalue weighted by Crippen LogP contribution is 2.39. The van der Waals surface area contributed by atoms with Gasteiger partial charge in [-0.25, -0.2) is 0 Å². The van der Waals surface area contributed by atoms with Gasteiger partial charge in [-0.1, -0.05) is 61.0 Å². The van der Waals surface area contributed by atoms with Crippen LogP contribution in [0.1, 0.15) is 42.1 Å². The molecule has 0 bridgehead atoms. The first-order valence-corrected chi connectivity index (χ1v) is 9.45. The van der Waals surface area contributed by atoms with Crippen molar-refractivity contribution in [2.24, 2.45) is 0 Å². The van der Waals surface area contributed by atoms with Gasteiger partial charge in [-0.3, -0.25) is 9.59 Å². The Morgan fingerprint density at radius 2 is 1.68 bits per heavy atom. The predicted molar refractivity (Wildman–Crippen MR) is 108 cm³/mol. The van der Waals surface area contributed by atoms with E-state index in [1.165, 1.54) is 4.90 Å². The average molecular weight is 379 g/mol. The van der Waals surface area contributed by atoms with Crippen LogP contribution in [0.25, 0.3) is 5.76 Å². The molecule has 0 aromatic heterocycles. The maximum absolute atomic E-state index is 12.8. The number of carbonyl (C=O) groups is 2. The van der Waals surface area contributed by atoms with Gasteiger partial charge >= 0.3 is 0 Å². The molecule has 1 heterocycles. The van der Waals surface area contributed by atoms with Crippen LogP contribution in [-0.4, -0.2) is 39.5 Å². The minimum Gasteiger partial charge on any atom is -0.507 e. The number of likely N-dealkylation sites (tertiary alicyclic amines) is 1. The van der Waals surface area contributed by atoms with Gasteiger partial charge < -0.3 is 15.1 Å². The van der Waals surface area contributed by atoms with E-state index < -0.39 is 23.8 Å². The lowest BCUT2D eigenvalue weighted by Crippen LogP contribution is -2.35. The van der Waals surface area contributed by atoms with Crippen molar-refractivity contribution in [1.29, 1.82) is 0 Å². The Kier molecular flexibility index (Phi) is 5.66. The van der Waals surface area contributed by atoms with Crippen molar-refractivity contribution in [3.05, 3.63) is 76.4 Å². The largest absolute Gasteiger partial charge is 0.507 e.